The molecule has 240 valence electrons. The first-order valence-corrected chi connectivity index (χ1v) is 16.7. The van der Waals surface area contributed by atoms with Gasteiger partial charge in [0.15, 0.2) is 0 Å². The highest BCUT2D eigenvalue weighted by Gasteiger charge is 2.32. The maximum atomic E-state index is 14.1. The second-order valence-corrected chi connectivity index (χ2v) is 13.0. The Balaban J connectivity index is 1.39. The number of hydrogen-bond donors (Lipinski definition) is 2. The van der Waals surface area contributed by atoms with Crippen molar-refractivity contribution in [3.05, 3.63) is 125 Å². The van der Waals surface area contributed by atoms with E-state index in [4.69, 9.17) is 9.47 Å². The molecule has 5 rings (SSSR count). The monoisotopic (exact) mass is 641 g/mol. The van der Waals surface area contributed by atoms with E-state index in [1.807, 2.05) is 78.9 Å². The van der Waals surface area contributed by atoms with Crippen LogP contribution in [0, 0.1) is 0 Å². The molecule has 10 heteroatoms. The van der Waals surface area contributed by atoms with E-state index >= 15 is 0 Å². The van der Waals surface area contributed by atoms with Gasteiger partial charge in [-0.25, -0.2) is 13.1 Å². The van der Waals surface area contributed by atoms with E-state index in [2.05, 4.69) is 10.0 Å². The first-order chi connectivity index (χ1) is 22.3. The number of methoxy groups -OCH3 is 2. The van der Waals surface area contributed by atoms with Crippen molar-refractivity contribution in [1.29, 1.82) is 0 Å². The summed E-state index contributed by atoms with van der Waals surface area (Å²) < 4.78 is 38.6. The van der Waals surface area contributed by atoms with Crippen molar-refractivity contribution in [2.75, 3.05) is 14.2 Å². The van der Waals surface area contributed by atoms with Crippen LogP contribution in [0.1, 0.15) is 47.6 Å². The highest BCUT2D eigenvalue weighted by Crippen LogP contribution is 2.27. The molecule has 0 unspecified atom stereocenters. The standard InChI is InChI=1S/C36H39N3O6S/c1-44-31-19-12-27(13-20-31)25-39(34(40)23-16-26-14-21-32(22-15-26)46(42,43)38-30-17-18-30)35(28-8-4-3-5-9-28)36(41)37-24-29-10-6-7-11-33(29)45-2/h3-15,19-22,30,35,38H,16-18,23-25H2,1-2H3,(H,37,41)/t35-/m1/s1. The van der Waals surface area contributed by atoms with Crippen molar-refractivity contribution < 1.29 is 27.5 Å². The van der Waals surface area contributed by atoms with Crippen LogP contribution in [-0.4, -0.2) is 45.4 Å². The SMILES string of the molecule is COc1ccc(CN(C(=O)CCc2ccc(S(=O)(=O)NC3CC3)cc2)[C@@H](C(=O)NCc2ccccc2OC)c2ccccc2)cc1. The number of rotatable bonds is 15. The molecule has 0 aromatic heterocycles. The zero-order valence-corrected chi connectivity index (χ0v) is 26.8. The average Bonchev–Trinajstić information content (AvgIpc) is 3.90. The average molecular weight is 642 g/mol. The normalized spacial score (nSPS) is 13.4. The van der Waals surface area contributed by atoms with Crippen LogP contribution in [0.5, 0.6) is 11.5 Å². The summed E-state index contributed by atoms with van der Waals surface area (Å²) in [6.45, 7) is 0.413. The van der Waals surface area contributed by atoms with E-state index in [1.54, 1.807) is 43.4 Å². The second kappa shape index (κ2) is 15.1. The number of para-hydroxylation sites is 1. The maximum Gasteiger partial charge on any atom is 0.247 e. The van der Waals surface area contributed by atoms with Gasteiger partial charge in [-0.2, -0.15) is 0 Å². The maximum absolute atomic E-state index is 14.1. The number of nitrogens with one attached hydrogen (secondary N) is 2. The molecule has 0 radical (unpaired) electrons. The van der Waals surface area contributed by atoms with Crippen LogP contribution in [0.3, 0.4) is 0 Å². The van der Waals surface area contributed by atoms with Gasteiger partial charge >= 0.3 is 0 Å². The summed E-state index contributed by atoms with van der Waals surface area (Å²) in [5, 5.41) is 3.03. The molecule has 2 N–H and O–H groups in total. The van der Waals surface area contributed by atoms with Gasteiger partial charge in [-0.05, 0) is 66.3 Å². The van der Waals surface area contributed by atoms with Crippen molar-refractivity contribution in [3.8, 4) is 11.5 Å². The molecule has 1 saturated carbocycles. The van der Waals surface area contributed by atoms with Crippen LogP contribution in [0.25, 0.3) is 0 Å². The fraction of sp³-hybridized carbons (Fsp3) is 0.278. The van der Waals surface area contributed by atoms with Crippen LogP contribution >= 0.6 is 0 Å². The molecule has 1 aliphatic rings. The van der Waals surface area contributed by atoms with Crippen molar-refractivity contribution in [3.63, 3.8) is 0 Å². The Labute approximate surface area is 270 Å². The highest BCUT2D eigenvalue weighted by atomic mass is 32.2. The topological polar surface area (TPSA) is 114 Å². The second-order valence-electron chi connectivity index (χ2n) is 11.3. The molecule has 1 fully saturated rings. The fourth-order valence-corrected chi connectivity index (χ4v) is 6.51. The van der Waals surface area contributed by atoms with Gasteiger partial charge in [-0.1, -0.05) is 72.8 Å². The van der Waals surface area contributed by atoms with Gasteiger partial charge < -0.3 is 19.7 Å². The summed E-state index contributed by atoms with van der Waals surface area (Å²) >= 11 is 0. The number of sulfonamides is 1. The zero-order chi connectivity index (χ0) is 32.5. The van der Waals surface area contributed by atoms with Gasteiger partial charge in [0.25, 0.3) is 0 Å². The van der Waals surface area contributed by atoms with Crippen molar-refractivity contribution in [1.82, 2.24) is 14.9 Å². The summed E-state index contributed by atoms with van der Waals surface area (Å²) in [5.74, 6) is 0.807. The molecular formula is C36H39N3O6S. The molecule has 0 heterocycles. The Kier molecular flexibility index (Phi) is 10.7. The first kappa shape index (κ1) is 32.7. The van der Waals surface area contributed by atoms with Crippen LogP contribution in [0.15, 0.2) is 108 Å². The molecular weight excluding hydrogens is 602 g/mol. The van der Waals surface area contributed by atoms with Crippen molar-refractivity contribution >= 4 is 21.8 Å². The minimum Gasteiger partial charge on any atom is -0.497 e. The van der Waals surface area contributed by atoms with E-state index in [9.17, 15) is 18.0 Å². The molecule has 0 saturated heterocycles. The van der Waals surface area contributed by atoms with Crippen molar-refractivity contribution in [2.24, 2.45) is 0 Å². The fourth-order valence-electron chi connectivity index (χ4n) is 5.21. The number of carbonyl (C=O) groups excluding carboxylic acids is 2. The van der Waals surface area contributed by atoms with Crippen LogP contribution in [0.4, 0.5) is 0 Å². The lowest BCUT2D eigenvalue weighted by atomic mass is 10.0. The summed E-state index contributed by atoms with van der Waals surface area (Å²) in [5.41, 5.74) is 3.15. The molecule has 0 aliphatic heterocycles. The molecule has 1 atom stereocenters. The lowest BCUT2D eigenvalue weighted by Gasteiger charge is -2.32. The Hall–Kier alpha value is -4.67. The van der Waals surface area contributed by atoms with Gasteiger partial charge in [0.05, 0.1) is 19.1 Å². The van der Waals surface area contributed by atoms with E-state index in [-0.39, 0.29) is 42.3 Å². The molecule has 0 spiro atoms. The molecule has 0 bridgehead atoms. The Bertz CT molecular complexity index is 1720. The summed E-state index contributed by atoms with van der Waals surface area (Å²) in [6.07, 6.45) is 2.20. The van der Waals surface area contributed by atoms with E-state index in [0.717, 1.165) is 29.5 Å². The number of benzene rings is 4. The van der Waals surface area contributed by atoms with Gasteiger partial charge in [0.2, 0.25) is 21.8 Å². The third kappa shape index (κ3) is 8.52. The predicted molar refractivity (Wildman–Crippen MR) is 176 cm³/mol. The third-order valence-corrected chi connectivity index (χ3v) is 9.45. The van der Waals surface area contributed by atoms with Crippen LogP contribution < -0.4 is 19.5 Å². The predicted octanol–water partition coefficient (Wildman–Crippen LogP) is 5.16. The number of aryl methyl sites for hydroxylation is 1. The molecule has 46 heavy (non-hydrogen) atoms. The van der Waals surface area contributed by atoms with E-state index < -0.39 is 16.1 Å². The number of carbonyl (C=O) groups is 2. The zero-order valence-electron chi connectivity index (χ0n) is 26.0. The summed E-state index contributed by atoms with van der Waals surface area (Å²) in [4.78, 5) is 29.9. The Morgan fingerprint density at radius 3 is 2.13 bits per heavy atom. The Morgan fingerprint density at radius 1 is 0.826 bits per heavy atom. The third-order valence-electron chi connectivity index (χ3n) is 7.91. The number of amides is 2. The minimum absolute atomic E-state index is 0.0171. The highest BCUT2D eigenvalue weighted by molar-refractivity contribution is 7.89. The first-order valence-electron chi connectivity index (χ1n) is 15.3. The lowest BCUT2D eigenvalue weighted by molar-refractivity contribution is -0.141. The van der Waals surface area contributed by atoms with Crippen molar-refractivity contribution in [2.45, 2.75) is 55.8 Å². The smallest absolute Gasteiger partial charge is 0.247 e. The van der Waals surface area contributed by atoms with E-state index in [0.29, 0.717) is 23.5 Å². The Morgan fingerprint density at radius 2 is 1.48 bits per heavy atom. The lowest BCUT2D eigenvalue weighted by Crippen LogP contribution is -2.43. The van der Waals surface area contributed by atoms with Crippen LogP contribution in [0.2, 0.25) is 0 Å². The molecule has 1 aliphatic carbocycles. The molecule has 4 aromatic carbocycles. The molecule has 2 amide bonds. The van der Waals surface area contributed by atoms with Crippen LogP contribution in [-0.2, 0) is 39.1 Å². The number of ether oxygens (including phenoxy) is 2. The number of hydrogen-bond acceptors (Lipinski definition) is 6. The largest absolute Gasteiger partial charge is 0.497 e. The molecule has 4 aromatic rings. The van der Waals surface area contributed by atoms with Gasteiger partial charge in [0.1, 0.15) is 17.5 Å². The quantitative estimate of drug-likeness (QED) is 0.185. The number of nitrogens with zero attached hydrogens (tertiary/aromatic N) is 1. The van der Waals surface area contributed by atoms with Gasteiger partial charge in [-0.3, -0.25) is 9.59 Å². The minimum atomic E-state index is -3.57. The molecule has 9 nitrogen and oxygen atoms in total. The summed E-state index contributed by atoms with van der Waals surface area (Å²) in [6, 6.07) is 29.8. The van der Waals surface area contributed by atoms with Gasteiger partial charge in [0, 0.05) is 31.1 Å². The summed E-state index contributed by atoms with van der Waals surface area (Å²) in [7, 11) is -0.391. The van der Waals surface area contributed by atoms with Gasteiger partial charge in [-0.15, -0.1) is 0 Å². The van der Waals surface area contributed by atoms with E-state index in [1.165, 1.54) is 0 Å².